The van der Waals surface area contributed by atoms with Crippen molar-refractivity contribution in [3.8, 4) is 11.5 Å². The first-order chi connectivity index (χ1) is 21.9. The van der Waals surface area contributed by atoms with Gasteiger partial charge in [0.1, 0.15) is 6.10 Å². The number of carbonyl (C=O) groups is 1. The van der Waals surface area contributed by atoms with Gasteiger partial charge in [0.25, 0.3) is 0 Å². The highest BCUT2D eigenvalue weighted by atomic mass is 32.2. The summed E-state index contributed by atoms with van der Waals surface area (Å²) in [6, 6.07) is 12.8. The lowest BCUT2D eigenvalue weighted by atomic mass is 9.86. The van der Waals surface area contributed by atoms with E-state index in [1.165, 1.54) is 16.4 Å². The van der Waals surface area contributed by atoms with Crippen LogP contribution in [0.3, 0.4) is 0 Å². The van der Waals surface area contributed by atoms with E-state index in [2.05, 4.69) is 10.5 Å². The van der Waals surface area contributed by atoms with Gasteiger partial charge in [-0.2, -0.15) is 4.31 Å². The number of oxime groups is 1. The van der Waals surface area contributed by atoms with Gasteiger partial charge in [0.15, 0.2) is 17.8 Å². The molecule has 252 valence electrons. The molecular formula is C32H43N3O10S. The van der Waals surface area contributed by atoms with Gasteiger partial charge in [-0.25, -0.2) is 13.2 Å². The van der Waals surface area contributed by atoms with Crippen LogP contribution in [0, 0.1) is 11.3 Å². The number of hydrogen-bond acceptors (Lipinski definition) is 11. The molecule has 1 amide bonds. The highest BCUT2D eigenvalue weighted by Gasteiger charge is 2.44. The van der Waals surface area contributed by atoms with Crippen molar-refractivity contribution in [2.24, 2.45) is 16.5 Å². The third-order valence-electron chi connectivity index (χ3n) is 8.62. The molecule has 2 fully saturated rings. The Bertz CT molecular complexity index is 1490. The van der Waals surface area contributed by atoms with Crippen LogP contribution < -0.4 is 14.8 Å². The molecule has 0 radical (unpaired) electrons. The van der Waals surface area contributed by atoms with Crippen molar-refractivity contribution in [1.29, 1.82) is 0 Å². The lowest BCUT2D eigenvalue weighted by Gasteiger charge is -2.35. The van der Waals surface area contributed by atoms with Crippen LogP contribution in [-0.4, -0.2) is 92.5 Å². The molecule has 3 heterocycles. The molecule has 0 bridgehead atoms. The van der Waals surface area contributed by atoms with Crippen molar-refractivity contribution < 1.29 is 47.2 Å². The third kappa shape index (κ3) is 8.28. The Labute approximate surface area is 269 Å². The Morgan fingerprint density at radius 2 is 1.91 bits per heavy atom. The van der Waals surface area contributed by atoms with E-state index in [4.69, 9.17) is 28.9 Å². The average Bonchev–Trinajstić information content (AvgIpc) is 3.78. The maximum atomic E-state index is 14.2. The first kappa shape index (κ1) is 33.9. The minimum Gasteiger partial charge on any atom is -0.454 e. The average molecular weight is 662 g/mol. The van der Waals surface area contributed by atoms with Gasteiger partial charge in [0.2, 0.25) is 16.8 Å². The maximum absolute atomic E-state index is 14.2. The molecule has 0 saturated carbocycles. The van der Waals surface area contributed by atoms with E-state index < -0.39 is 46.1 Å². The standard InChI is InChI=1S/C32H43N3O10S/c1-21(34-38)11-13-32(2,3)19-35(46(39,40)23-9-10-27-28(16-23)44-20-43-27)17-26(36)25(15-22-7-5-4-6-8-22)33-31(37)45-29-18-42-30-24(29)12-14-41-30/h4-10,16,24-26,29-30,36,38H,11-15,17-20H2,1-3H3,(H,33,37)/b34-21-. The van der Waals surface area contributed by atoms with E-state index in [-0.39, 0.29) is 43.7 Å². The fourth-order valence-corrected chi connectivity index (χ4v) is 7.58. The normalized spacial score (nSPS) is 22.5. The van der Waals surface area contributed by atoms with E-state index >= 15 is 0 Å². The van der Waals surface area contributed by atoms with E-state index in [1.54, 1.807) is 13.0 Å². The maximum Gasteiger partial charge on any atom is 0.407 e. The summed E-state index contributed by atoms with van der Waals surface area (Å²) in [5.41, 5.74) is 0.773. The lowest BCUT2D eigenvalue weighted by Crippen LogP contribution is -2.52. The second-order valence-electron chi connectivity index (χ2n) is 12.8. The summed E-state index contributed by atoms with van der Waals surface area (Å²) in [4.78, 5) is 13.2. The van der Waals surface area contributed by atoms with Gasteiger partial charge < -0.3 is 39.3 Å². The van der Waals surface area contributed by atoms with Crippen LogP contribution in [-0.2, 0) is 30.7 Å². The van der Waals surface area contributed by atoms with Crippen molar-refractivity contribution in [3.63, 3.8) is 0 Å². The highest BCUT2D eigenvalue weighted by Crippen LogP contribution is 2.36. The Morgan fingerprint density at radius 3 is 2.67 bits per heavy atom. The van der Waals surface area contributed by atoms with Crippen LogP contribution in [0.4, 0.5) is 4.79 Å². The molecule has 5 unspecified atom stereocenters. The monoisotopic (exact) mass is 661 g/mol. The summed E-state index contributed by atoms with van der Waals surface area (Å²) >= 11 is 0. The predicted octanol–water partition coefficient (Wildman–Crippen LogP) is 3.52. The largest absolute Gasteiger partial charge is 0.454 e. The Hall–Kier alpha value is -3.43. The molecule has 2 aromatic carbocycles. The molecule has 0 aromatic heterocycles. The van der Waals surface area contributed by atoms with Gasteiger partial charge in [-0.15, -0.1) is 0 Å². The minimum absolute atomic E-state index is 0.00952. The molecule has 2 aromatic rings. The van der Waals surface area contributed by atoms with Crippen LogP contribution in [0.5, 0.6) is 11.5 Å². The smallest absolute Gasteiger partial charge is 0.407 e. The van der Waals surface area contributed by atoms with E-state index in [9.17, 15) is 18.3 Å². The first-order valence-corrected chi connectivity index (χ1v) is 16.9. The number of ether oxygens (including phenoxy) is 5. The van der Waals surface area contributed by atoms with Gasteiger partial charge in [-0.3, -0.25) is 0 Å². The number of rotatable bonds is 14. The molecule has 0 spiro atoms. The van der Waals surface area contributed by atoms with Crippen LogP contribution in [0.15, 0.2) is 58.6 Å². The third-order valence-corrected chi connectivity index (χ3v) is 10.4. The van der Waals surface area contributed by atoms with Crippen molar-refractivity contribution in [2.45, 2.75) is 75.9 Å². The number of nitrogens with zero attached hydrogens (tertiary/aromatic N) is 2. The number of benzene rings is 2. The van der Waals surface area contributed by atoms with Crippen molar-refractivity contribution in [3.05, 3.63) is 54.1 Å². The number of fused-ring (bicyclic) bond motifs is 2. The zero-order valence-corrected chi connectivity index (χ0v) is 27.1. The van der Waals surface area contributed by atoms with E-state index in [0.717, 1.165) is 5.56 Å². The number of aliphatic hydroxyl groups is 1. The topological polar surface area (TPSA) is 165 Å². The van der Waals surface area contributed by atoms with Crippen LogP contribution >= 0.6 is 0 Å². The van der Waals surface area contributed by atoms with Crippen molar-refractivity contribution in [2.75, 3.05) is 33.1 Å². The second-order valence-corrected chi connectivity index (χ2v) is 14.7. The van der Waals surface area contributed by atoms with Gasteiger partial charge in [-0.05, 0) is 55.7 Å². The summed E-state index contributed by atoms with van der Waals surface area (Å²) < 4.78 is 57.3. The van der Waals surface area contributed by atoms with Crippen LogP contribution in [0.25, 0.3) is 0 Å². The molecule has 46 heavy (non-hydrogen) atoms. The molecule has 14 heteroatoms. The molecule has 0 aliphatic carbocycles. The van der Waals surface area contributed by atoms with Gasteiger partial charge >= 0.3 is 6.09 Å². The van der Waals surface area contributed by atoms with Crippen molar-refractivity contribution >= 4 is 21.8 Å². The lowest BCUT2D eigenvalue weighted by molar-refractivity contribution is -0.0907. The number of carbonyl (C=O) groups excluding carboxylic acids is 1. The summed E-state index contributed by atoms with van der Waals surface area (Å²) in [6.07, 6.45) is -1.04. The summed E-state index contributed by atoms with van der Waals surface area (Å²) in [6.45, 7) is 5.96. The number of nitrogens with one attached hydrogen (secondary N) is 1. The Morgan fingerprint density at radius 1 is 1.15 bits per heavy atom. The number of aliphatic hydroxyl groups excluding tert-OH is 1. The quantitative estimate of drug-likeness (QED) is 0.155. The van der Waals surface area contributed by atoms with Gasteiger partial charge in [0.05, 0.1) is 41.9 Å². The molecule has 13 nitrogen and oxygen atoms in total. The van der Waals surface area contributed by atoms with Crippen molar-refractivity contribution in [1.82, 2.24) is 9.62 Å². The molecular weight excluding hydrogens is 618 g/mol. The molecule has 3 aliphatic heterocycles. The molecule has 3 N–H and O–H groups in total. The number of sulfonamides is 1. The van der Waals surface area contributed by atoms with Gasteiger partial charge in [-0.1, -0.05) is 49.3 Å². The molecule has 5 atom stereocenters. The number of amides is 1. The minimum atomic E-state index is -4.17. The zero-order chi connectivity index (χ0) is 32.9. The number of hydrogen-bond donors (Lipinski definition) is 3. The first-order valence-electron chi connectivity index (χ1n) is 15.4. The second kappa shape index (κ2) is 14.6. The van der Waals surface area contributed by atoms with Crippen LogP contribution in [0.1, 0.15) is 45.6 Å². The summed E-state index contributed by atoms with van der Waals surface area (Å²) in [5.74, 6) is 0.693. The van der Waals surface area contributed by atoms with E-state index in [1.807, 2.05) is 44.2 Å². The van der Waals surface area contributed by atoms with Gasteiger partial charge in [0, 0.05) is 19.2 Å². The van der Waals surface area contributed by atoms with E-state index in [0.29, 0.717) is 43.1 Å². The fourth-order valence-electron chi connectivity index (χ4n) is 5.92. The predicted molar refractivity (Wildman–Crippen MR) is 166 cm³/mol. The molecule has 2 saturated heterocycles. The highest BCUT2D eigenvalue weighted by molar-refractivity contribution is 7.89. The fraction of sp³-hybridized carbons (Fsp3) is 0.562. The zero-order valence-electron chi connectivity index (χ0n) is 26.3. The summed E-state index contributed by atoms with van der Waals surface area (Å²) in [5, 5.41) is 26.9. The molecule has 5 rings (SSSR count). The number of alkyl carbamates (subject to hydrolysis) is 1. The summed E-state index contributed by atoms with van der Waals surface area (Å²) in [7, 11) is -4.17. The Balaban J connectivity index is 1.38. The SMILES string of the molecule is C/C(CCC(C)(C)CN(CC(O)C(Cc1ccccc1)NC(=O)OC1COC2OCCC12)S(=O)(=O)c1ccc2c(c1)OCO2)=N/O. The molecule has 3 aliphatic rings. The Kier molecular flexibility index (Phi) is 10.7. The van der Waals surface area contributed by atoms with Crippen LogP contribution in [0.2, 0.25) is 0 Å².